The molecule has 0 radical (unpaired) electrons. The number of nitrogens with zero attached hydrogens (tertiary/aromatic N) is 2. The van der Waals surface area contributed by atoms with E-state index >= 15 is 0 Å². The molecule has 110 valence electrons. The molecule has 0 aliphatic rings. The van der Waals surface area contributed by atoms with Crippen molar-refractivity contribution in [2.75, 3.05) is 7.11 Å². The summed E-state index contributed by atoms with van der Waals surface area (Å²) >= 11 is 0. The van der Waals surface area contributed by atoms with Gasteiger partial charge in [0, 0.05) is 25.3 Å². The molecule has 0 spiro atoms. The SMILES string of the molecule is CC=Cc1c(CC)cc[n+](-[n+]2ccccc2)c1C(C)OC. The minimum Gasteiger partial charge on any atom is -0.370 e. The number of pyridine rings is 2. The zero-order valence-electron chi connectivity index (χ0n) is 13.3. The van der Waals surface area contributed by atoms with Crippen molar-refractivity contribution in [3.8, 4) is 0 Å². The molecule has 2 rings (SSSR count). The summed E-state index contributed by atoms with van der Waals surface area (Å²) in [5, 5.41) is 0. The third-order valence-electron chi connectivity index (χ3n) is 3.69. The number of hydrogen-bond acceptors (Lipinski definition) is 1. The molecule has 0 aliphatic carbocycles. The van der Waals surface area contributed by atoms with E-state index in [4.69, 9.17) is 4.74 Å². The van der Waals surface area contributed by atoms with Crippen molar-refractivity contribution in [2.45, 2.75) is 33.3 Å². The van der Waals surface area contributed by atoms with E-state index in [1.807, 2.05) is 37.5 Å². The van der Waals surface area contributed by atoms with Gasteiger partial charge in [0.25, 0.3) is 5.69 Å². The fraction of sp³-hybridized carbons (Fsp3) is 0.333. The van der Waals surface area contributed by atoms with Crippen LogP contribution in [0.15, 0.2) is 48.9 Å². The van der Waals surface area contributed by atoms with Gasteiger partial charge in [-0.05, 0) is 31.9 Å². The highest BCUT2D eigenvalue weighted by Crippen LogP contribution is 2.21. The Bertz CT molecular complexity index is 621. The third kappa shape index (κ3) is 3.19. The molecule has 3 nitrogen and oxygen atoms in total. The standard InChI is InChI=1S/C18H24N2O/c1-5-10-17-16(6-2)11-14-20(18(17)15(3)21-4)19-12-8-7-9-13-19/h5,7-15H,6H2,1-4H3/q+2. The Morgan fingerprint density at radius 1 is 1.19 bits per heavy atom. The zero-order valence-corrected chi connectivity index (χ0v) is 13.3. The van der Waals surface area contributed by atoms with E-state index in [0.717, 1.165) is 12.1 Å². The largest absolute Gasteiger partial charge is 0.370 e. The molecule has 0 N–H and O–H groups in total. The van der Waals surface area contributed by atoms with Crippen LogP contribution < -0.4 is 9.35 Å². The lowest BCUT2D eigenvalue weighted by molar-refractivity contribution is -1.30. The summed E-state index contributed by atoms with van der Waals surface area (Å²) in [6.07, 6.45) is 11.5. The van der Waals surface area contributed by atoms with Gasteiger partial charge in [0.1, 0.15) is 6.10 Å². The number of rotatable bonds is 5. The Kier molecular flexibility index (Phi) is 5.23. The van der Waals surface area contributed by atoms with Gasteiger partial charge < -0.3 is 4.74 Å². The maximum atomic E-state index is 5.62. The highest BCUT2D eigenvalue weighted by Gasteiger charge is 2.29. The Balaban J connectivity index is 2.73. The molecule has 0 saturated heterocycles. The fourth-order valence-corrected chi connectivity index (χ4v) is 2.54. The molecule has 1 atom stereocenters. The van der Waals surface area contributed by atoms with Crippen LogP contribution >= 0.6 is 0 Å². The van der Waals surface area contributed by atoms with Gasteiger partial charge in [0.2, 0.25) is 18.6 Å². The molecule has 21 heavy (non-hydrogen) atoms. The predicted octanol–water partition coefficient (Wildman–Crippen LogP) is 2.88. The van der Waals surface area contributed by atoms with Gasteiger partial charge in [0.05, 0.1) is 14.9 Å². The monoisotopic (exact) mass is 284 g/mol. The van der Waals surface area contributed by atoms with Crippen LogP contribution in [-0.4, -0.2) is 7.11 Å². The van der Waals surface area contributed by atoms with Crippen molar-refractivity contribution >= 4 is 6.08 Å². The van der Waals surface area contributed by atoms with E-state index < -0.39 is 0 Å². The average Bonchev–Trinajstić information content (AvgIpc) is 2.54. The number of methoxy groups -OCH3 is 1. The Labute approximate surface area is 127 Å². The smallest absolute Gasteiger partial charge is 0.289 e. The first-order valence-electron chi connectivity index (χ1n) is 7.42. The van der Waals surface area contributed by atoms with Gasteiger partial charge in [0.15, 0.2) is 0 Å². The van der Waals surface area contributed by atoms with Gasteiger partial charge in [-0.1, -0.05) is 19.1 Å². The average molecular weight is 284 g/mol. The van der Waals surface area contributed by atoms with Crippen molar-refractivity contribution in [3.63, 3.8) is 0 Å². The lowest BCUT2D eigenvalue weighted by atomic mass is 10.0. The second kappa shape index (κ2) is 7.14. The lowest BCUT2D eigenvalue weighted by Crippen LogP contribution is -2.68. The molecule has 2 aromatic heterocycles. The van der Waals surface area contributed by atoms with E-state index in [2.05, 4.69) is 47.6 Å². The van der Waals surface area contributed by atoms with Gasteiger partial charge in [-0.25, -0.2) is 0 Å². The van der Waals surface area contributed by atoms with Crippen LogP contribution in [0.1, 0.15) is 43.7 Å². The quantitative estimate of drug-likeness (QED) is 0.772. The number of allylic oxidation sites excluding steroid dienone is 1. The van der Waals surface area contributed by atoms with Crippen LogP contribution in [0.3, 0.4) is 0 Å². The Morgan fingerprint density at radius 3 is 2.48 bits per heavy atom. The summed E-state index contributed by atoms with van der Waals surface area (Å²) in [6.45, 7) is 6.32. The molecule has 0 bridgehead atoms. The van der Waals surface area contributed by atoms with Crippen molar-refractivity contribution in [3.05, 3.63) is 65.8 Å². The summed E-state index contributed by atoms with van der Waals surface area (Å²) in [5.41, 5.74) is 3.74. The molecule has 2 heterocycles. The van der Waals surface area contributed by atoms with Crippen LogP contribution in [0.25, 0.3) is 6.08 Å². The number of aryl methyl sites for hydroxylation is 1. The first-order valence-corrected chi connectivity index (χ1v) is 7.42. The summed E-state index contributed by atoms with van der Waals surface area (Å²) in [5.74, 6) is 0. The van der Waals surface area contributed by atoms with Crippen LogP contribution in [0, 0.1) is 0 Å². The molecule has 0 amide bonds. The Morgan fingerprint density at radius 2 is 1.90 bits per heavy atom. The molecule has 0 aromatic carbocycles. The second-order valence-corrected chi connectivity index (χ2v) is 4.97. The van der Waals surface area contributed by atoms with Gasteiger partial charge in [-0.3, -0.25) is 0 Å². The van der Waals surface area contributed by atoms with E-state index in [1.165, 1.54) is 11.1 Å². The minimum absolute atomic E-state index is 0.00964. The topological polar surface area (TPSA) is 17.0 Å². The first kappa shape index (κ1) is 15.4. The lowest BCUT2D eigenvalue weighted by Gasteiger charge is -2.11. The molecule has 3 heteroatoms. The van der Waals surface area contributed by atoms with Crippen molar-refractivity contribution in [2.24, 2.45) is 0 Å². The van der Waals surface area contributed by atoms with E-state index in [1.54, 1.807) is 7.11 Å². The van der Waals surface area contributed by atoms with Crippen molar-refractivity contribution < 1.29 is 14.1 Å². The molecule has 1 unspecified atom stereocenters. The van der Waals surface area contributed by atoms with Crippen LogP contribution in [-0.2, 0) is 11.2 Å². The van der Waals surface area contributed by atoms with Crippen molar-refractivity contribution in [1.29, 1.82) is 0 Å². The van der Waals surface area contributed by atoms with E-state index in [-0.39, 0.29) is 6.10 Å². The number of aromatic nitrogens is 2. The van der Waals surface area contributed by atoms with Gasteiger partial charge in [-0.15, -0.1) is 0 Å². The maximum Gasteiger partial charge on any atom is 0.289 e. The van der Waals surface area contributed by atoms with Crippen LogP contribution in [0.2, 0.25) is 0 Å². The first-order chi connectivity index (χ1) is 10.2. The Hall–Kier alpha value is -2.00. The molecule has 2 aromatic rings. The molecular formula is C18H24N2O+2. The minimum atomic E-state index is 0.00964. The second-order valence-electron chi connectivity index (χ2n) is 4.97. The summed E-state index contributed by atoms with van der Waals surface area (Å²) < 4.78 is 9.83. The molecule has 0 saturated carbocycles. The molecule has 0 aliphatic heterocycles. The summed E-state index contributed by atoms with van der Waals surface area (Å²) in [7, 11) is 1.75. The van der Waals surface area contributed by atoms with Crippen LogP contribution in [0.5, 0.6) is 0 Å². The highest BCUT2D eigenvalue weighted by atomic mass is 16.5. The highest BCUT2D eigenvalue weighted by molar-refractivity contribution is 5.55. The zero-order chi connectivity index (χ0) is 15.2. The van der Waals surface area contributed by atoms with E-state index in [9.17, 15) is 0 Å². The van der Waals surface area contributed by atoms with E-state index in [0.29, 0.717) is 0 Å². The van der Waals surface area contributed by atoms with Gasteiger partial charge >= 0.3 is 0 Å². The number of ether oxygens (including phenoxy) is 1. The maximum absolute atomic E-state index is 5.62. The number of hydrogen-bond donors (Lipinski definition) is 0. The summed E-state index contributed by atoms with van der Waals surface area (Å²) in [6, 6.07) is 8.25. The van der Waals surface area contributed by atoms with Gasteiger partial charge in [-0.2, -0.15) is 0 Å². The molecular weight excluding hydrogens is 260 g/mol. The fourth-order valence-electron chi connectivity index (χ4n) is 2.54. The normalized spacial score (nSPS) is 12.8. The predicted molar refractivity (Wildman–Crippen MR) is 83.6 cm³/mol. The third-order valence-corrected chi connectivity index (χ3v) is 3.69. The summed E-state index contributed by atoms with van der Waals surface area (Å²) in [4.78, 5) is 0. The van der Waals surface area contributed by atoms with Crippen LogP contribution in [0.4, 0.5) is 0 Å². The van der Waals surface area contributed by atoms with Crippen molar-refractivity contribution in [1.82, 2.24) is 0 Å². The molecule has 0 fully saturated rings.